The van der Waals surface area contributed by atoms with Gasteiger partial charge in [0.1, 0.15) is 0 Å². The number of fused-ring (bicyclic) bond motifs is 1. The standard InChI is InChI=1S/C21H26N4/c1-2-4-17-16(3-1)19(18-5-6-22-18)24-20(23-17)25-21-10-13-7-14(11-21)9-15(8-13)12-21/h1-4,13-15,18,22H,5-12H2,(H,23,24,25). The molecular weight excluding hydrogens is 308 g/mol. The van der Waals surface area contributed by atoms with E-state index in [4.69, 9.17) is 9.97 Å². The zero-order valence-corrected chi connectivity index (χ0v) is 14.7. The van der Waals surface area contributed by atoms with Gasteiger partial charge in [0, 0.05) is 10.9 Å². The quantitative estimate of drug-likeness (QED) is 0.889. The fraction of sp³-hybridized carbons (Fsp3) is 0.619. The second-order valence-electron chi connectivity index (χ2n) is 9.07. The Morgan fingerprint density at radius 1 is 0.960 bits per heavy atom. The minimum Gasteiger partial charge on any atom is -0.349 e. The lowest BCUT2D eigenvalue weighted by Gasteiger charge is -2.56. The normalized spacial score (nSPS) is 38.7. The highest BCUT2D eigenvalue weighted by Crippen LogP contribution is 2.56. The molecular formula is C21H26N4. The Balaban J connectivity index is 1.39. The summed E-state index contributed by atoms with van der Waals surface area (Å²) in [7, 11) is 0. The molecule has 0 amide bonds. The largest absolute Gasteiger partial charge is 0.349 e. The Morgan fingerprint density at radius 2 is 1.64 bits per heavy atom. The molecule has 7 rings (SSSR count). The summed E-state index contributed by atoms with van der Waals surface area (Å²) in [6, 6.07) is 8.87. The first-order chi connectivity index (χ1) is 12.3. The van der Waals surface area contributed by atoms with Gasteiger partial charge in [-0.1, -0.05) is 18.2 Å². The van der Waals surface area contributed by atoms with E-state index in [2.05, 4.69) is 34.9 Å². The number of para-hydroxylation sites is 1. The Hall–Kier alpha value is -1.68. The van der Waals surface area contributed by atoms with Crippen LogP contribution in [-0.4, -0.2) is 22.1 Å². The fourth-order valence-corrected chi connectivity index (χ4v) is 6.45. The third-order valence-electron chi connectivity index (χ3n) is 7.20. The molecule has 0 spiro atoms. The number of hydrogen-bond acceptors (Lipinski definition) is 4. The molecule has 1 saturated heterocycles. The zero-order valence-electron chi connectivity index (χ0n) is 14.7. The smallest absolute Gasteiger partial charge is 0.223 e. The summed E-state index contributed by atoms with van der Waals surface area (Å²) in [5, 5.41) is 8.60. The predicted molar refractivity (Wildman–Crippen MR) is 99.4 cm³/mol. The van der Waals surface area contributed by atoms with Crippen LogP contribution in [0.2, 0.25) is 0 Å². The molecule has 4 saturated carbocycles. The van der Waals surface area contributed by atoms with Crippen LogP contribution in [0.5, 0.6) is 0 Å². The van der Waals surface area contributed by atoms with Crippen LogP contribution in [0.3, 0.4) is 0 Å². The molecule has 4 heteroatoms. The maximum Gasteiger partial charge on any atom is 0.223 e. The van der Waals surface area contributed by atoms with Crippen molar-refractivity contribution in [2.45, 2.75) is 56.5 Å². The molecule has 1 atom stereocenters. The van der Waals surface area contributed by atoms with Crippen LogP contribution in [-0.2, 0) is 0 Å². The lowest BCUT2D eigenvalue weighted by molar-refractivity contribution is 0.0103. The molecule has 0 radical (unpaired) electrons. The average molecular weight is 334 g/mol. The van der Waals surface area contributed by atoms with E-state index in [1.165, 1.54) is 56.0 Å². The molecule has 1 aromatic carbocycles. The highest BCUT2D eigenvalue weighted by molar-refractivity contribution is 5.82. The van der Waals surface area contributed by atoms with Gasteiger partial charge in [0.15, 0.2) is 0 Å². The molecule has 1 aliphatic heterocycles. The van der Waals surface area contributed by atoms with Crippen LogP contribution < -0.4 is 10.6 Å². The number of nitrogens with one attached hydrogen (secondary N) is 2. The van der Waals surface area contributed by atoms with Gasteiger partial charge in [0.2, 0.25) is 5.95 Å². The second-order valence-corrected chi connectivity index (χ2v) is 9.07. The maximum atomic E-state index is 5.01. The summed E-state index contributed by atoms with van der Waals surface area (Å²) < 4.78 is 0. The summed E-state index contributed by atoms with van der Waals surface area (Å²) in [4.78, 5) is 9.92. The van der Waals surface area contributed by atoms with Crippen LogP contribution in [0.4, 0.5) is 5.95 Å². The Kier molecular flexibility index (Phi) is 2.99. The van der Waals surface area contributed by atoms with Crippen molar-refractivity contribution in [2.75, 3.05) is 11.9 Å². The summed E-state index contributed by atoms with van der Waals surface area (Å²) in [5.41, 5.74) is 2.53. The van der Waals surface area contributed by atoms with Crippen molar-refractivity contribution >= 4 is 16.9 Å². The molecule has 2 heterocycles. The van der Waals surface area contributed by atoms with Gasteiger partial charge in [-0.3, -0.25) is 0 Å². The number of benzene rings is 1. The molecule has 2 N–H and O–H groups in total. The topological polar surface area (TPSA) is 49.8 Å². The molecule has 130 valence electrons. The third-order valence-corrected chi connectivity index (χ3v) is 7.20. The summed E-state index contributed by atoms with van der Waals surface area (Å²) >= 11 is 0. The molecule has 1 unspecified atom stereocenters. The van der Waals surface area contributed by atoms with Gasteiger partial charge in [0.25, 0.3) is 0 Å². The first-order valence-corrected chi connectivity index (χ1v) is 10.0. The molecule has 4 aliphatic carbocycles. The SMILES string of the molecule is c1ccc2c(C3CCN3)nc(NC34CC5CC(CC(C5)C3)C4)nc2c1. The molecule has 4 bridgehead atoms. The highest BCUT2D eigenvalue weighted by atomic mass is 15.2. The van der Waals surface area contributed by atoms with Gasteiger partial charge in [-0.05, 0) is 75.3 Å². The van der Waals surface area contributed by atoms with Crippen molar-refractivity contribution in [3.8, 4) is 0 Å². The van der Waals surface area contributed by atoms with Crippen molar-refractivity contribution in [3.63, 3.8) is 0 Å². The van der Waals surface area contributed by atoms with Gasteiger partial charge in [0.05, 0.1) is 17.3 Å². The third kappa shape index (κ3) is 2.30. The van der Waals surface area contributed by atoms with Crippen molar-refractivity contribution in [1.29, 1.82) is 0 Å². The number of nitrogens with zero attached hydrogens (tertiary/aromatic N) is 2. The summed E-state index contributed by atoms with van der Waals surface area (Å²) in [6.45, 7) is 1.10. The lowest BCUT2D eigenvalue weighted by Crippen LogP contribution is -2.55. The number of hydrogen-bond donors (Lipinski definition) is 2. The van der Waals surface area contributed by atoms with Gasteiger partial charge in [-0.2, -0.15) is 0 Å². The van der Waals surface area contributed by atoms with Gasteiger partial charge in [-0.25, -0.2) is 9.97 Å². The lowest BCUT2D eigenvalue weighted by atomic mass is 9.53. The number of anilines is 1. The van der Waals surface area contributed by atoms with E-state index in [-0.39, 0.29) is 5.54 Å². The van der Waals surface area contributed by atoms with Crippen molar-refractivity contribution in [1.82, 2.24) is 15.3 Å². The van der Waals surface area contributed by atoms with Crippen molar-refractivity contribution in [2.24, 2.45) is 17.8 Å². The van der Waals surface area contributed by atoms with E-state index < -0.39 is 0 Å². The molecule has 2 aromatic rings. The van der Waals surface area contributed by atoms with Crippen molar-refractivity contribution in [3.05, 3.63) is 30.0 Å². The first kappa shape index (κ1) is 14.5. The monoisotopic (exact) mass is 334 g/mol. The van der Waals surface area contributed by atoms with E-state index >= 15 is 0 Å². The predicted octanol–water partition coefficient (Wildman–Crippen LogP) is 4.04. The molecule has 1 aromatic heterocycles. The zero-order chi connectivity index (χ0) is 16.4. The van der Waals surface area contributed by atoms with E-state index in [9.17, 15) is 0 Å². The van der Waals surface area contributed by atoms with Gasteiger partial charge < -0.3 is 10.6 Å². The maximum absolute atomic E-state index is 5.01. The van der Waals surface area contributed by atoms with E-state index in [0.717, 1.165) is 35.8 Å². The minimum absolute atomic E-state index is 0.265. The van der Waals surface area contributed by atoms with Gasteiger partial charge in [-0.15, -0.1) is 0 Å². The van der Waals surface area contributed by atoms with Crippen LogP contribution in [0.1, 0.15) is 56.7 Å². The molecule has 5 fully saturated rings. The van der Waals surface area contributed by atoms with Crippen LogP contribution in [0, 0.1) is 17.8 Å². The van der Waals surface area contributed by atoms with Crippen LogP contribution in [0.15, 0.2) is 24.3 Å². The summed E-state index contributed by atoms with van der Waals surface area (Å²) in [5.74, 6) is 3.68. The van der Waals surface area contributed by atoms with Gasteiger partial charge >= 0.3 is 0 Å². The molecule has 5 aliphatic rings. The second kappa shape index (κ2) is 5.16. The molecule has 25 heavy (non-hydrogen) atoms. The Bertz CT molecular complexity index is 790. The van der Waals surface area contributed by atoms with E-state index in [0.29, 0.717) is 6.04 Å². The van der Waals surface area contributed by atoms with E-state index in [1.807, 2.05) is 0 Å². The Morgan fingerprint density at radius 3 is 2.28 bits per heavy atom. The van der Waals surface area contributed by atoms with Crippen molar-refractivity contribution < 1.29 is 0 Å². The molecule has 4 nitrogen and oxygen atoms in total. The summed E-state index contributed by atoms with van der Waals surface area (Å²) in [6.07, 6.45) is 9.56. The number of aromatic nitrogens is 2. The van der Waals surface area contributed by atoms with E-state index in [1.54, 1.807) is 0 Å². The highest BCUT2D eigenvalue weighted by Gasteiger charge is 2.51. The number of rotatable bonds is 3. The van der Waals surface area contributed by atoms with Crippen LogP contribution in [0.25, 0.3) is 10.9 Å². The first-order valence-electron chi connectivity index (χ1n) is 10.0. The average Bonchev–Trinajstić information content (AvgIpc) is 2.51. The van der Waals surface area contributed by atoms with Crippen LogP contribution >= 0.6 is 0 Å². The Labute approximate surface area is 148 Å². The minimum atomic E-state index is 0.265. The fourth-order valence-electron chi connectivity index (χ4n) is 6.45.